The molecule has 6 nitrogen and oxygen atoms in total. The summed E-state index contributed by atoms with van der Waals surface area (Å²) >= 11 is 0. The summed E-state index contributed by atoms with van der Waals surface area (Å²) in [6.45, 7) is 0. The average Bonchev–Trinajstić information content (AvgIpc) is 2.08. The maximum absolute atomic E-state index is 10.9. The van der Waals surface area contributed by atoms with Gasteiger partial charge in [0.15, 0.2) is 5.92 Å². The number of nitrogens with two attached hydrogens (primary N) is 2. The Morgan fingerprint density at radius 1 is 1.33 bits per heavy atom. The van der Waals surface area contributed by atoms with Crippen LogP contribution in [0.1, 0.15) is 11.5 Å². The molecule has 0 aliphatic heterocycles. The van der Waals surface area contributed by atoms with E-state index in [1.807, 2.05) is 0 Å². The molecule has 1 unspecified atom stereocenters. The highest BCUT2D eigenvalue weighted by Gasteiger charge is 2.27. The van der Waals surface area contributed by atoms with Gasteiger partial charge in [0.1, 0.15) is 5.75 Å². The van der Waals surface area contributed by atoms with Gasteiger partial charge < -0.3 is 21.7 Å². The van der Waals surface area contributed by atoms with E-state index in [0.29, 0.717) is 0 Å². The molecule has 1 rings (SSSR count). The number of phenols is 1. The summed E-state index contributed by atoms with van der Waals surface area (Å²) in [5, 5.41) is 17.8. The van der Waals surface area contributed by atoms with Gasteiger partial charge in [0.25, 0.3) is 0 Å². The molecule has 80 valence electrons. The number of aromatic hydroxyl groups is 1. The Morgan fingerprint density at radius 3 is 2.33 bits per heavy atom. The molecule has 0 bridgehead atoms. The number of hydrogen-bond acceptors (Lipinski definition) is 4. The van der Waals surface area contributed by atoms with Crippen LogP contribution in [0.4, 0.5) is 5.69 Å². The fourth-order valence-corrected chi connectivity index (χ4v) is 1.23. The Kier molecular flexibility index (Phi) is 2.80. The van der Waals surface area contributed by atoms with Crippen LogP contribution in [0.15, 0.2) is 18.2 Å². The van der Waals surface area contributed by atoms with Gasteiger partial charge in [0.2, 0.25) is 5.91 Å². The van der Waals surface area contributed by atoms with Gasteiger partial charge in [-0.25, -0.2) is 0 Å². The van der Waals surface area contributed by atoms with E-state index in [1.54, 1.807) is 0 Å². The lowest BCUT2D eigenvalue weighted by molar-refractivity contribution is -0.142. The largest absolute Gasteiger partial charge is 0.508 e. The Hall–Kier alpha value is -2.24. The van der Waals surface area contributed by atoms with Crippen molar-refractivity contribution in [3.63, 3.8) is 0 Å². The summed E-state index contributed by atoms with van der Waals surface area (Å²) in [5.74, 6) is -3.98. The Morgan fingerprint density at radius 2 is 1.93 bits per heavy atom. The lowest BCUT2D eigenvalue weighted by Crippen LogP contribution is -2.28. The molecule has 1 amide bonds. The fraction of sp³-hybridized carbons (Fsp3) is 0.111. The molecule has 1 atom stereocenters. The second-order valence-corrected chi connectivity index (χ2v) is 2.99. The topological polar surface area (TPSA) is 127 Å². The number of nitrogen functional groups attached to an aromatic ring is 1. The number of hydrogen-bond donors (Lipinski definition) is 4. The first-order valence-corrected chi connectivity index (χ1v) is 4.04. The number of amides is 1. The number of primary amides is 1. The van der Waals surface area contributed by atoms with Crippen molar-refractivity contribution in [2.45, 2.75) is 5.92 Å². The molecule has 0 aliphatic rings. The van der Waals surface area contributed by atoms with Crippen molar-refractivity contribution >= 4 is 17.6 Å². The van der Waals surface area contributed by atoms with Gasteiger partial charge in [-0.2, -0.15) is 0 Å². The third-order valence-corrected chi connectivity index (χ3v) is 1.91. The highest BCUT2D eigenvalue weighted by Crippen LogP contribution is 2.26. The summed E-state index contributed by atoms with van der Waals surface area (Å²) in [6, 6.07) is 3.66. The number of carboxylic acids is 1. The minimum Gasteiger partial charge on any atom is -0.508 e. The zero-order valence-electron chi connectivity index (χ0n) is 7.68. The van der Waals surface area contributed by atoms with E-state index in [2.05, 4.69) is 0 Å². The van der Waals surface area contributed by atoms with Crippen molar-refractivity contribution < 1.29 is 19.8 Å². The summed E-state index contributed by atoms with van der Waals surface area (Å²) in [4.78, 5) is 21.7. The molecule has 0 fully saturated rings. The fourth-order valence-electron chi connectivity index (χ4n) is 1.23. The number of rotatable bonds is 3. The number of aliphatic carboxylic acids is 1. The number of carbonyl (C=O) groups excluding carboxylic acids is 1. The molecule has 0 saturated heterocycles. The number of carboxylic acid groups (broad SMARTS) is 1. The standard InChI is InChI=1S/C9H10N2O4/c10-6-3-4(12)1-2-5(6)7(8(11)13)9(14)15/h1-3,7,12H,10H2,(H2,11,13)(H,14,15). The minimum absolute atomic E-state index is 0.0150. The van der Waals surface area contributed by atoms with Gasteiger partial charge in [-0.3, -0.25) is 9.59 Å². The second kappa shape index (κ2) is 3.87. The monoisotopic (exact) mass is 210 g/mol. The van der Waals surface area contributed by atoms with Crippen LogP contribution in [0.2, 0.25) is 0 Å². The average molecular weight is 210 g/mol. The van der Waals surface area contributed by atoms with Crippen LogP contribution in [-0.4, -0.2) is 22.1 Å². The van der Waals surface area contributed by atoms with Crippen LogP contribution in [0.25, 0.3) is 0 Å². The van der Waals surface area contributed by atoms with E-state index in [1.165, 1.54) is 12.1 Å². The van der Waals surface area contributed by atoms with E-state index in [4.69, 9.17) is 21.7 Å². The lowest BCUT2D eigenvalue weighted by Gasteiger charge is -2.11. The molecular weight excluding hydrogens is 200 g/mol. The van der Waals surface area contributed by atoms with Gasteiger partial charge in [0, 0.05) is 11.8 Å². The van der Waals surface area contributed by atoms with Crippen LogP contribution in [0.3, 0.4) is 0 Å². The first kappa shape index (κ1) is 10.8. The van der Waals surface area contributed by atoms with E-state index in [-0.39, 0.29) is 17.0 Å². The molecular formula is C9H10N2O4. The SMILES string of the molecule is NC(=O)C(C(=O)O)c1ccc(O)cc1N. The van der Waals surface area contributed by atoms with Crippen LogP contribution >= 0.6 is 0 Å². The first-order valence-electron chi connectivity index (χ1n) is 4.04. The zero-order chi connectivity index (χ0) is 11.6. The summed E-state index contributed by atoms with van der Waals surface area (Å²) < 4.78 is 0. The quantitative estimate of drug-likeness (QED) is 0.399. The Balaban J connectivity index is 3.23. The molecule has 0 radical (unpaired) electrons. The van der Waals surface area contributed by atoms with Crippen molar-refractivity contribution in [2.24, 2.45) is 5.73 Å². The number of anilines is 1. The van der Waals surface area contributed by atoms with E-state index < -0.39 is 17.8 Å². The van der Waals surface area contributed by atoms with Gasteiger partial charge in [-0.1, -0.05) is 6.07 Å². The van der Waals surface area contributed by atoms with Gasteiger partial charge in [0.05, 0.1) is 0 Å². The number of carbonyl (C=O) groups is 2. The first-order chi connectivity index (χ1) is 6.93. The number of phenolic OH excluding ortho intramolecular Hbond substituents is 1. The van der Waals surface area contributed by atoms with Crippen molar-refractivity contribution in [3.8, 4) is 5.75 Å². The highest BCUT2D eigenvalue weighted by atomic mass is 16.4. The second-order valence-electron chi connectivity index (χ2n) is 2.99. The zero-order valence-corrected chi connectivity index (χ0v) is 7.68. The molecule has 1 aromatic rings. The van der Waals surface area contributed by atoms with Crippen LogP contribution < -0.4 is 11.5 Å². The molecule has 1 aromatic carbocycles. The molecule has 0 saturated carbocycles. The third kappa shape index (κ3) is 2.16. The highest BCUT2D eigenvalue weighted by molar-refractivity contribution is 6.03. The maximum atomic E-state index is 10.9. The Labute approximate surface area is 85.1 Å². The molecule has 0 aliphatic carbocycles. The molecule has 0 spiro atoms. The predicted molar refractivity (Wildman–Crippen MR) is 52.1 cm³/mol. The molecule has 0 heterocycles. The van der Waals surface area contributed by atoms with Crippen LogP contribution in [-0.2, 0) is 9.59 Å². The predicted octanol–water partition coefficient (Wildman–Crippen LogP) is -0.372. The van der Waals surface area contributed by atoms with Gasteiger partial charge in [-0.15, -0.1) is 0 Å². The van der Waals surface area contributed by atoms with Gasteiger partial charge >= 0.3 is 5.97 Å². The molecule has 6 N–H and O–H groups in total. The molecule has 15 heavy (non-hydrogen) atoms. The van der Waals surface area contributed by atoms with Crippen molar-refractivity contribution in [3.05, 3.63) is 23.8 Å². The summed E-state index contributed by atoms with van der Waals surface area (Å²) in [5.41, 5.74) is 10.5. The van der Waals surface area contributed by atoms with E-state index in [9.17, 15) is 9.59 Å². The molecule has 0 aromatic heterocycles. The normalized spacial score (nSPS) is 12.0. The van der Waals surface area contributed by atoms with E-state index >= 15 is 0 Å². The minimum atomic E-state index is -1.49. The van der Waals surface area contributed by atoms with E-state index in [0.717, 1.165) is 6.07 Å². The van der Waals surface area contributed by atoms with Crippen molar-refractivity contribution in [1.82, 2.24) is 0 Å². The summed E-state index contributed by atoms with van der Waals surface area (Å²) in [6.07, 6.45) is 0. The van der Waals surface area contributed by atoms with Crippen molar-refractivity contribution in [1.29, 1.82) is 0 Å². The third-order valence-electron chi connectivity index (χ3n) is 1.91. The van der Waals surface area contributed by atoms with Crippen LogP contribution in [0.5, 0.6) is 5.75 Å². The van der Waals surface area contributed by atoms with Gasteiger partial charge in [-0.05, 0) is 11.6 Å². The number of benzene rings is 1. The Bertz CT molecular complexity index is 403. The lowest BCUT2D eigenvalue weighted by atomic mass is 9.97. The maximum Gasteiger partial charge on any atom is 0.320 e. The molecule has 6 heteroatoms. The van der Waals surface area contributed by atoms with Crippen LogP contribution in [0, 0.1) is 0 Å². The summed E-state index contributed by atoms with van der Waals surface area (Å²) in [7, 11) is 0. The smallest absolute Gasteiger partial charge is 0.320 e. The van der Waals surface area contributed by atoms with Crippen molar-refractivity contribution in [2.75, 3.05) is 5.73 Å².